The molecule has 0 spiro atoms. The molecular formula is C20H28S2. The number of hydrogen-bond acceptors (Lipinski definition) is 0. The lowest BCUT2D eigenvalue weighted by Crippen LogP contribution is -2.23. The summed E-state index contributed by atoms with van der Waals surface area (Å²) in [6.45, 7) is 0. The molecule has 0 saturated carbocycles. The summed E-state index contributed by atoms with van der Waals surface area (Å²) in [7, 11) is -1.42. The first-order chi connectivity index (χ1) is 10.2. The zero-order chi connectivity index (χ0) is 16.1. The van der Waals surface area contributed by atoms with Gasteiger partial charge in [0.25, 0.3) is 0 Å². The van der Waals surface area contributed by atoms with Crippen LogP contribution in [-0.4, -0.2) is 37.5 Å². The Hall–Kier alpha value is -0.860. The van der Waals surface area contributed by atoms with Crippen molar-refractivity contribution in [3.05, 3.63) is 70.8 Å². The summed E-state index contributed by atoms with van der Waals surface area (Å²) >= 11 is 0. The molecule has 0 aromatic heterocycles. The van der Waals surface area contributed by atoms with Crippen LogP contribution in [0, 0.1) is 0 Å². The minimum atomic E-state index is -0.712. The largest absolute Gasteiger partial charge is 0.239 e. The van der Waals surface area contributed by atoms with Crippen LogP contribution >= 0.6 is 20.1 Å². The minimum absolute atomic E-state index is 0.567. The van der Waals surface area contributed by atoms with Gasteiger partial charge in [-0.15, -0.1) is 0 Å². The number of fused-ring (bicyclic) bond motifs is 2. The van der Waals surface area contributed by atoms with Gasteiger partial charge < -0.3 is 0 Å². The molecule has 0 fully saturated rings. The highest BCUT2D eigenvalue weighted by atomic mass is 32.3. The third kappa shape index (κ3) is 2.61. The Morgan fingerprint density at radius 3 is 0.909 bits per heavy atom. The zero-order valence-electron chi connectivity index (χ0n) is 14.6. The summed E-state index contributed by atoms with van der Waals surface area (Å²) in [5.41, 5.74) is 6.32. The summed E-state index contributed by atoms with van der Waals surface area (Å²) in [5, 5.41) is 1.13. The van der Waals surface area contributed by atoms with E-state index in [1.54, 1.807) is 22.3 Å². The van der Waals surface area contributed by atoms with E-state index in [0.717, 1.165) is 0 Å². The van der Waals surface area contributed by atoms with Crippen molar-refractivity contribution < 1.29 is 0 Å². The van der Waals surface area contributed by atoms with Crippen LogP contribution in [0.25, 0.3) is 0 Å². The fourth-order valence-electron chi connectivity index (χ4n) is 3.84. The molecule has 0 nitrogen and oxygen atoms in total. The van der Waals surface area contributed by atoms with Crippen LogP contribution in [0.2, 0.25) is 0 Å². The van der Waals surface area contributed by atoms with Crippen LogP contribution in [0.3, 0.4) is 0 Å². The normalized spacial score (nSPS) is 22.6. The summed E-state index contributed by atoms with van der Waals surface area (Å²) in [4.78, 5) is 0. The number of rotatable bonds is 2. The van der Waals surface area contributed by atoms with E-state index in [1.807, 2.05) is 0 Å². The Bertz CT molecular complexity index is 582. The lowest BCUT2D eigenvalue weighted by atomic mass is 9.85. The van der Waals surface area contributed by atoms with Crippen molar-refractivity contribution in [3.8, 4) is 0 Å². The van der Waals surface area contributed by atoms with Crippen LogP contribution in [0.1, 0.15) is 32.8 Å². The van der Waals surface area contributed by atoms with E-state index in [2.05, 4.69) is 86.1 Å². The molecule has 0 N–H and O–H groups in total. The molecule has 0 aliphatic heterocycles. The fraction of sp³-hybridized carbons (Fsp3) is 0.400. The van der Waals surface area contributed by atoms with Crippen molar-refractivity contribution in [1.82, 2.24) is 0 Å². The molecule has 0 bridgehead atoms. The summed E-state index contributed by atoms with van der Waals surface area (Å²) < 4.78 is 0. The van der Waals surface area contributed by atoms with Gasteiger partial charge in [-0.3, -0.25) is 0 Å². The van der Waals surface area contributed by atoms with Gasteiger partial charge in [-0.25, -0.2) is 20.1 Å². The maximum absolute atomic E-state index is 2.45. The Balaban J connectivity index is 2.34. The van der Waals surface area contributed by atoms with E-state index < -0.39 is 20.1 Å². The Morgan fingerprint density at radius 2 is 0.727 bits per heavy atom. The molecule has 0 saturated heterocycles. The van der Waals surface area contributed by atoms with E-state index in [-0.39, 0.29) is 0 Å². The highest BCUT2D eigenvalue weighted by Crippen LogP contribution is 2.65. The average Bonchev–Trinajstić information content (AvgIpc) is 2.41. The van der Waals surface area contributed by atoms with Gasteiger partial charge in [0.05, 0.1) is 0 Å². The zero-order valence-corrected chi connectivity index (χ0v) is 16.2. The lowest BCUT2D eigenvalue weighted by molar-refractivity contribution is 0.955. The molecule has 120 valence electrons. The Morgan fingerprint density at radius 1 is 0.500 bits per heavy atom. The third-order valence-corrected chi connectivity index (χ3v) is 8.38. The van der Waals surface area contributed by atoms with Crippen LogP contribution in [0.15, 0.2) is 48.5 Å². The lowest BCUT2D eigenvalue weighted by Gasteiger charge is -2.48. The van der Waals surface area contributed by atoms with Gasteiger partial charge in [-0.2, -0.15) is 0 Å². The first kappa shape index (κ1) is 16.0. The van der Waals surface area contributed by atoms with Crippen molar-refractivity contribution >= 4 is 20.1 Å². The monoisotopic (exact) mass is 332 g/mol. The van der Waals surface area contributed by atoms with E-state index in [1.165, 1.54) is 0 Å². The molecule has 2 aromatic carbocycles. The second-order valence-corrected chi connectivity index (χ2v) is 16.6. The summed E-state index contributed by atoms with van der Waals surface area (Å²) in [6, 6.07) is 18.4. The number of benzene rings is 2. The second kappa shape index (κ2) is 5.35. The third-order valence-electron chi connectivity index (χ3n) is 4.54. The van der Waals surface area contributed by atoms with E-state index in [4.69, 9.17) is 0 Å². The molecular weight excluding hydrogens is 304 g/mol. The standard InChI is InChI=1S/C20H28S2/c1-21(2,3)19-15-11-7-9-13-17(15)20(22(4,5)6)18-14-10-8-12-16(18)19/h7-14,19-20H,1-6H3. The van der Waals surface area contributed by atoms with Gasteiger partial charge in [0, 0.05) is 10.5 Å². The van der Waals surface area contributed by atoms with Gasteiger partial charge in [0.1, 0.15) is 0 Å². The van der Waals surface area contributed by atoms with Crippen molar-refractivity contribution in [3.63, 3.8) is 0 Å². The van der Waals surface area contributed by atoms with Crippen LogP contribution in [0.4, 0.5) is 0 Å². The van der Waals surface area contributed by atoms with Crippen LogP contribution < -0.4 is 0 Å². The molecule has 1 aliphatic rings. The van der Waals surface area contributed by atoms with E-state index in [0.29, 0.717) is 10.5 Å². The molecule has 0 atom stereocenters. The molecule has 3 rings (SSSR count). The highest BCUT2D eigenvalue weighted by molar-refractivity contribution is 8.33. The SMILES string of the molecule is CS(C)(C)C1c2ccccc2C(S(C)(C)C)c2ccccc21. The Kier molecular flexibility index (Phi) is 3.89. The molecule has 0 heterocycles. The van der Waals surface area contributed by atoms with Gasteiger partial charge in [0.15, 0.2) is 0 Å². The fourth-order valence-corrected chi connectivity index (χ4v) is 7.74. The quantitative estimate of drug-likeness (QED) is 0.674. The van der Waals surface area contributed by atoms with Gasteiger partial charge in [-0.05, 0) is 59.8 Å². The molecule has 0 amide bonds. The van der Waals surface area contributed by atoms with Crippen molar-refractivity contribution in [1.29, 1.82) is 0 Å². The number of hydrogen-bond donors (Lipinski definition) is 0. The predicted molar refractivity (Wildman–Crippen MR) is 107 cm³/mol. The summed E-state index contributed by atoms with van der Waals surface area (Å²) in [5.74, 6) is 0. The molecule has 22 heavy (non-hydrogen) atoms. The molecule has 0 unspecified atom stereocenters. The molecule has 0 radical (unpaired) electrons. The van der Waals surface area contributed by atoms with Crippen molar-refractivity contribution in [2.24, 2.45) is 0 Å². The molecule has 2 heteroatoms. The van der Waals surface area contributed by atoms with Crippen molar-refractivity contribution in [2.75, 3.05) is 37.5 Å². The molecule has 2 aromatic rings. The minimum Gasteiger partial charge on any atom is -0.239 e. The second-order valence-electron chi connectivity index (χ2n) is 7.88. The highest BCUT2D eigenvalue weighted by Gasteiger charge is 2.38. The first-order valence-corrected chi connectivity index (χ1v) is 13.6. The van der Waals surface area contributed by atoms with E-state index >= 15 is 0 Å². The maximum atomic E-state index is 2.45. The Labute approximate surface area is 139 Å². The van der Waals surface area contributed by atoms with E-state index in [9.17, 15) is 0 Å². The maximum Gasteiger partial charge on any atom is 0.0392 e. The van der Waals surface area contributed by atoms with Crippen LogP contribution in [0.5, 0.6) is 0 Å². The average molecular weight is 333 g/mol. The van der Waals surface area contributed by atoms with Gasteiger partial charge >= 0.3 is 0 Å². The predicted octanol–water partition coefficient (Wildman–Crippen LogP) is 5.57. The van der Waals surface area contributed by atoms with Gasteiger partial charge in [-0.1, -0.05) is 48.5 Å². The van der Waals surface area contributed by atoms with Crippen molar-refractivity contribution in [2.45, 2.75) is 10.5 Å². The molecule has 1 aliphatic carbocycles. The van der Waals surface area contributed by atoms with Crippen LogP contribution in [-0.2, 0) is 0 Å². The topological polar surface area (TPSA) is 0 Å². The van der Waals surface area contributed by atoms with Gasteiger partial charge in [0.2, 0.25) is 0 Å². The summed E-state index contributed by atoms with van der Waals surface area (Å²) in [6.07, 6.45) is 14.7. The smallest absolute Gasteiger partial charge is 0.0392 e. The first-order valence-electron chi connectivity index (χ1n) is 7.73.